The standard InChI is InChI=1S/C17H17F2NO4/c18-12-7-4-8-13(19)15(12)16(22)14(21)9-20-17(23)24-10-11-5-2-1-3-6-11/h1-8,14,16,21-22H,9-10H2,(H,20,23). The molecule has 2 aromatic rings. The average molecular weight is 337 g/mol. The molecule has 24 heavy (non-hydrogen) atoms. The number of hydrogen-bond donors (Lipinski definition) is 3. The molecule has 0 spiro atoms. The number of aliphatic hydroxyl groups excluding tert-OH is 2. The Hall–Kier alpha value is -2.51. The SMILES string of the molecule is O=C(NCC(O)C(O)c1c(F)cccc1F)OCc1ccccc1. The Labute approximate surface area is 137 Å². The quantitative estimate of drug-likeness (QED) is 0.756. The zero-order valence-corrected chi connectivity index (χ0v) is 12.7. The highest BCUT2D eigenvalue weighted by molar-refractivity contribution is 5.67. The topological polar surface area (TPSA) is 78.8 Å². The number of aliphatic hydroxyl groups is 2. The summed E-state index contributed by atoms with van der Waals surface area (Å²) >= 11 is 0. The summed E-state index contributed by atoms with van der Waals surface area (Å²) in [6.45, 7) is -0.393. The first kappa shape index (κ1) is 17.8. The van der Waals surface area contributed by atoms with Gasteiger partial charge in [-0.25, -0.2) is 13.6 Å². The first-order chi connectivity index (χ1) is 11.5. The highest BCUT2D eigenvalue weighted by Crippen LogP contribution is 2.23. The minimum absolute atomic E-state index is 0.0350. The normalized spacial score (nSPS) is 13.2. The van der Waals surface area contributed by atoms with Crippen LogP contribution in [-0.4, -0.2) is 29.0 Å². The van der Waals surface area contributed by atoms with Crippen molar-refractivity contribution < 1.29 is 28.5 Å². The molecule has 5 nitrogen and oxygen atoms in total. The van der Waals surface area contributed by atoms with Crippen LogP contribution in [0.3, 0.4) is 0 Å². The molecule has 0 heterocycles. The number of rotatable bonds is 6. The second-order valence-corrected chi connectivity index (χ2v) is 5.09. The zero-order chi connectivity index (χ0) is 17.5. The minimum Gasteiger partial charge on any atom is -0.445 e. The summed E-state index contributed by atoms with van der Waals surface area (Å²) in [7, 11) is 0. The Bertz CT molecular complexity index is 661. The maximum Gasteiger partial charge on any atom is 0.407 e. The summed E-state index contributed by atoms with van der Waals surface area (Å²) in [5.41, 5.74) is 0.131. The van der Waals surface area contributed by atoms with Crippen LogP contribution in [0, 0.1) is 11.6 Å². The van der Waals surface area contributed by atoms with Gasteiger partial charge in [-0.05, 0) is 17.7 Å². The van der Waals surface area contributed by atoms with E-state index in [4.69, 9.17) is 4.74 Å². The van der Waals surface area contributed by atoms with Crippen molar-refractivity contribution in [1.29, 1.82) is 0 Å². The van der Waals surface area contributed by atoms with Crippen LogP contribution < -0.4 is 5.32 Å². The molecule has 0 aromatic heterocycles. The molecule has 0 radical (unpaired) electrons. The van der Waals surface area contributed by atoms with Gasteiger partial charge in [-0.2, -0.15) is 0 Å². The van der Waals surface area contributed by atoms with Crippen LogP contribution in [0.1, 0.15) is 17.2 Å². The van der Waals surface area contributed by atoms with Gasteiger partial charge in [0, 0.05) is 6.54 Å². The lowest BCUT2D eigenvalue weighted by Crippen LogP contribution is -2.36. The molecule has 0 aliphatic carbocycles. The van der Waals surface area contributed by atoms with E-state index in [1.807, 2.05) is 6.07 Å². The van der Waals surface area contributed by atoms with Gasteiger partial charge in [-0.15, -0.1) is 0 Å². The molecule has 2 unspecified atom stereocenters. The lowest BCUT2D eigenvalue weighted by atomic mass is 10.0. The summed E-state index contributed by atoms with van der Waals surface area (Å²) in [5, 5.41) is 21.9. The van der Waals surface area contributed by atoms with E-state index in [2.05, 4.69) is 5.32 Å². The van der Waals surface area contributed by atoms with Crippen molar-refractivity contribution in [3.05, 3.63) is 71.3 Å². The molecule has 0 fully saturated rings. The molecular formula is C17H17F2NO4. The molecular weight excluding hydrogens is 320 g/mol. The van der Waals surface area contributed by atoms with Crippen LogP contribution in [0.4, 0.5) is 13.6 Å². The highest BCUT2D eigenvalue weighted by atomic mass is 19.1. The molecule has 128 valence electrons. The lowest BCUT2D eigenvalue weighted by molar-refractivity contribution is 0.0142. The van der Waals surface area contributed by atoms with Crippen molar-refractivity contribution >= 4 is 6.09 Å². The summed E-state index contributed by atoms with van der Waals surface area (Å²) in [5.74, 6) is -1.96. The number of hydrogen-bond acceptors (Lipinski definition) is 4. The van der Waals surface area contributed by atoms with Crippen LogP contribution in [-0.2, 0) is 11.3 Å². The van der Waals surface area contributed by atoms with E-state index in [0.717, 1.165) is 23.8 Å². The number of halogens is 2. The van der Waals surface area contributed by atoms with Crippen LogP contribution >= 0.6 is 0 Å². The largest absolute Gasteiger partial charge is 0.445 e. The van der Waals surface area contributed by atoms with Crippen LogP contribution in [0.25, 0.3) is 0 Å². The number of alkyl carbamates (subject to hydrolysis) is 1. The second-order valence-electron chi connectivity index (χ2n) is 5.09. The van der Waals surface area contributed by atoms with Gasteiger partial charge in [0.1, 0.15) is 30.4 Å². The van der Waals surface area contributed by atoms with Gasteiger partial charge in [-0.3, -0.25) is 0 Å². The van der Waals surface area contributed by atoms with E-state index in [1.54, 1.807) is 24.3 Å². The summed E-state index contributed by atoms with van der Waals surface area (Å²) in [6.07, 6.45) is -4.24. The van der Waals surface area contributed by atoms with Crippen molar-refractivity contribution in [1.82, 2.24) is 5.32 Å². The first-order valence-corrected chi connectivity index (χ1v) is 7.23. The maximum absolute atomic E-state index is 13.5. The molecule has 0 saturated heterocycles. The highest BCUT2D eigenvalue weighted by Gasteiger charge is 2.25. The Balaban J connectivity index is 1.83. The predicted molar refractivity (Wildman–Crippen MR) is 82.0 cm³/mol. The third-order valence-electron chi connectivity index (χ3n) is 3.33. The van der Waals surface area contributed by atoms with Crippen molar-refractivity contribution in [2.75, 3.05) is 6.54 Å². The van der Waals surface area contributed by atoms with Gasteiger partial charge >= 0.3 is 6.09 Å². The fourth-order valence-corrected chi connectivity index (χ4v) is 2.06. The van der Waals surface area contributed by atoms with Crippen LogP contribution in [0.15, 0.2) is 48.5 Å². The van der Waals surface area contributed by atoms with Crippen molar-refractivity contribution in [2.24, 2.45) is 0 Å². The molecule has 0 aliphatic heterocycles. The number of amides is 1. The fourth-order valence-electron chi connectivity index (χ4n) is 2.06. The monoisotopic (exact) mass is 337 g/mol. The van der Waals surface area contributed by atoms with Gasteiger partial charge in [-0.1, -0.05) is 36.4 Å². The van der Waals surface area contributed by atoms with E-state index in [1.165, 1.54) is 0 Å². The van der Waals surface area contributed by atoms with Gasteiger partial charge in [0.25, 0.3) is 0 Å². The predicted octanol–water partition coefficient (Wildman–Crippen LogP) is 2.29. The molecule has 2 rings (SSSR count). The number of nitrogens with one attached hydrogen (secondary N) is 1. The number of carbonyl (C=O) groups is 1. The second kappa shape index (κ2) is 8.37. The minimum atomic E-state index is -1.82. The van der Waals surface area contributed by atoms with Crippen molar-refractivity contribution in [3.63, 3.8) is 0 Å². The van der Waals surface area contributed by atoms with Gasteiger partial charge in [0.05, 0.1) is 5.56 Å². The molecule has 1 amide bonds. The summed E-state index contributed by atoms with van der Waals surface area (Å²) in [4.78, 5) is 11.5. The third-order valence-corrected chi connectivity index (χ3v) is 3.33. The van der Waals surface area contributed by atoms with E-state index < -0.39 is 42.0 Å². The first-order valence-electron chi connectivity index (χ1n) is 7.23. The molecule has 3 N–H and O–H groups in total. The maximum atomic E-state index is 13.5. The van der Waals surface area contributed by atoms with Gasteiger partial charge < -0.3 is 20.3 Å². The van der Waals surface area contributed by atoms with E-state index in [0.29, 0.717) is 0 Å². The average Bonchev–Trinajstić information content (AvgIpc) is 2.58. The molecule has 2 atom stereocenters. The lowest BCUT2D eigenvalue weighted by Gasteiger charge is -2.19. The molecule has 2 aromatic carbocycles. The Morgan fingerprint density at radius 2 is 1.67 bits per heavy atom. The summed E-state index contributed by atoms with van der Waals surface area (Å²) < 4.78 is 32.0. The zero-order valence-electron chi connectivity index (χ0n) is 12.7. The summed E-state index contributed by atoms with van der Waals surface area (Å²) in [6, 6.07) is 12.0. The van der Waals surface area contributed by atoms with Crippen LogP contribution in [0.5, 0.6) is 0 Å². The molecule has 0 saturated carbocycles. The van der Waals surface area contributed by atoms with Crippen molar-refractivity contribution in [2.45, 2.75) is 18.8 Å². The Morgan fingerprint density at radius 1 is 1.04 bits per heavy atom. The number of benzene rings is 2. The smallest absolute Gasteiger partial charge is 0.407 e. The fraction of sp³-hybridized carbons (Fsp3) is 0.235. The van der Waals surface area contributed by atoms with E-state index >= 15 is 0 Å². The Morgan fingerprint density at radius 3 is 2.29 bits per heavy atom. The van der Waals surface area contributed by atoms with Crippen molar-refractivity contribution in [3.8, 4) is 0 Å². The van der Waals surface area contributed by atoms with E-state index in [-0.39, 0.29) is 6.61 Å². The Kier molecular flexibility index (Phi) is 6.22. The number of ether oxygens (including phenoxy) is 1. The number of carbonyl (C=O) groups excluding carboxylic acids is 1. The van der Waals surface area contributed by atoms with Gasteiger partial charge in [0.15, 0.2) is 0 Å². The molecule has 0 bridgehead atoms. The molecule has 0 aliphatic rings. The van der Waals surface area contributed by atoms with Crippen LogP contribution in [0.2, 0.25) is 0 Å². The molecule has 7 heteroatoms. The van der Waals surface area contributed by atoms with Gasteiger partial charge in [0.2, 0.25) is 0 Å². The third kappa shape index (κ3) is 4.74. The van der Waals surface area contributed by atoms with E-state index in [9.17, 15) is 23.8 Å².